The molecular formula is C29H26ClN3O5. The molecule has 1 unspecified atom stereocenters. The van der Waals surface area contributed by atoms with Gasteiger partial charge in [0.2, 0.25) is 5.95 Å². The number of rotatable bonds is 5. The number of hydrogen-bond donors (Lipinski definition) is 2. The van der Waals surface area contributed by atoms with Crippen LogP contribution in [-0.2, 0) is 9.59 Å². The molecule has 0 bridgehead atoms. The molecule has 2 heterocycles. The summed E-state index contributed by atoms with van der Waals surface area (Å²) in [6, 6.07) is 13.2. The second-order valence-corrected chi connectivity index (χ2v) is 9.69. The second kappa shape index (κ2) is 9.54. The summed E-state index contributed by atoms with van der Waals surface area (Å²) >= 11 is 6.39. The number of amides is 1. The minimum atomic E-state index is -1.00. The first-order chi connectivity index (χ1) is 18.1. The zero-order chi connectivity index (χ0) is 27.3. The highest BCUT2D eigenvalue weighted by Crippen LogP contribution is 2.44. The standard InChI is InChI=1S/C29H26ClN3O5/c1-14-9-19(27(38-5)20(30)10-14)25(34)23-24(17-7-6-8-18(13-17)37-4)33(28(36)26(23)35)29-31-21-11-15(2)16(3)12-22(21)32-29/h6-13,24,34H,1-5H3,(H,31,32)/b25-23+. The van der Waals surface area contributed by atoms with Crippen LogP contribution in [0.3, 0.4) is 0 Å². The fraction of sp³-hybridized carbons (Fsp3) is 0.207. The molecule has 1 aliphatic rings. The maximum atomic E-state index is 13.6. The molecule has 0 saturated carbocycles. The van der Waals surface area contributed by atoms with Crippen LogP contribution in [0, 0.1) is 20.8 Å². The number of aromatic amines is 1. The van der Waals surface area contributed by atoms with Crippen molar-refractivity contribution in [3.8, 4) is 11.5 Å². The van der Waals surface area contributed by atoms with Gasteiger partial charge in [0.1, 0.15) is 17.3 Å². The van der Waals surface area contributed by atoms with Gasteiger partial charge in [0.25, 0.3) is 5.78 Å². The number of fused-ring (bicyclic) bond motifs is 1. The van der Waals surface area contributed by atoms with Gasteiger partial charge in [-0.25, -0.2) is 4.98 Å². The summed E-state index contributed by atoms with van der Waals surface area (Å²) in [5, 5.41) is 11.9. The molecule has 1 aromatic heterocycles. The van der Waals surface area contributed by atoms with E-state index in [-0.39, 0.29) is 27.9 Å². The van der Waals surface area contributed by atoms with Crippen molar-refractivity contribution in [1.82, 2.24) is 9.97 Å². The van der Waals surface area contributed by atoms with Crippen LogP contribution in [0.25, 0.3) is 16.8 Å². The number of anilines is 1. The summed E-state index contributed by atoms with van der Waals surface area (Å²) in [7, 11) is 2.95. The SMILES string of the molecule is COc1cccc(C2/C(=C(\O)c3cc(C)cc(Cl)c3OC)C(=O)C(=O)N2c2nc3cc(C)c(C)cc3[nH]2)c1. The molecule has 194 valence electrons. The number of ketones is 1. The van der Waals surface area contributed by atoms with Gasteiger partial charge in [-0.2, -0.15) is 0 Å². The van der Waals surface area contributed by atoms with Crippen molar-refractivity contribution in [2.75, 3.05) is 19.1 Å². The van der Waals surface area contributed by atoms with Crippen LogP contribution < -0.4 is 14.4 Å². The van der Waals surface area contributed by atoms with Crippen LogP contribution in [0.2, 0.25) is 5.02 Å². The minimum Gasteiger partial charge on any atom is -0.507 e. The normalized spacial score (nSPS) is 16.9. The van der Waals surface area contributed by atoms with Crippen molar-refractivity contribution in [1.29, 1.82) is 0 Å². The zero-order valence-corrected chi connectivity index (χ0v) is 22.3. The molecule has 4 aromatic rings. The lowest BCUT2D eigenvalue weighted by Crippen LogP contribution is -2.30. The van der Waals surface area contributed by atoms with Gasteiger partial charge in [0.05, 0.1) is 47.5 Å². The van der Waals surface area contributed by atoms with Gasteiger partial charge in [0, 0.05) is 0 Å². The maximum absolute atomic E-state index is 13.6. The Balaban J connectivity index is 1.79. The predicted octanol–water partition coefficient (Wildman–Crippen LogP) is 5.79. The molecular weight excluding hydrogens is 506 g/mol. The number of hydrogen-bond acceptors (Lipinski definition) is 6. The van der Waals surface area contributed by atoms with Gasteiger partial charge in [-0.15, -0.1) is 0 Å². The number of aliphatic hydroxyl groups is 1. The Labute approximate surface area is 224 Å². The summed E-state index contributed by atoms with van der Waals surface area (Å²) in [4.78, 5) is 36.3. The van der Waals surface area contributed by atoms with Crippen LogP contribution in [0.5, 0.6) is 11.5 Å². The average molecular weight is 532 g/mol. The molecule has 1 amide bonds. The Kier molecular flexibility index (Phi) is 6.36. The predicted molar refractivity (Wildman–Crippen MR) is 146 cm³/mol. The second-order valence-electron chi connectivity index (χ2n) is 9.29. The summed E-state index contributed by atoms with van der Waals surface area (Å²) in [6.07, 6.45) is 0. The maximum Gasteiger partial charge on any atom is 0.302 e. The number of halogens is 1. The zero-order valence-electron chi connectivity index (χ0n) is 21.5. The van der Waals surface area contributed by atoms with Gasteiger partial charge in [-0.3, -0.25) is 14.5 Å². The first-order valence-electron chi connectivity index (χ1n) is 11.9. The van der Waals surface area contributed by atoms with E-state index < -0.39 is 23.5 Å². The van der Waals surface area contributed by atoms with Crippen molar-refractivity contribution in [3.63, 3.8) is 0 Å². The highest BCUT2D eigenvalue weighted by molar-refractivity contribution is 6.51. The van der Waals surface area contributed by atoms with Crippen molar-refractivity contribution < 1.29 is 24.2 Å². The smallest absolute Gasteiger partial charge is 0.302 e. The third kappa shape index (κ3) is 4.07. The van der Waals surface area contributed by atoms with Gasteiger partial charge >= 0.3 is 5.91 Å². The van der Waals surface area contributed by atoms with Crippen LogP contribution in [-0.4, -0.2) is 41.0 Å². The quantitative estimate of drug-likeness (QED) is 0.192. The molecule has 1 saturated heterocycles. The van der Waals surface area contributed by atoms with Crippen molar-refractivity contribution in [2.45, 2.75) is 26.8 Å². The number of benzene rings is 3. The van der Waals surface area contributed by atoms with E-state index in [1.54, 1.807) is 43.3 Å². The lowest BCUT2D eigenvalue weighted by Gasteiger charge is -2.23. The lowest BCUT2D eigenvalue weighted by molar-refractivity contribution is -0.132. The van der Waals surface area contributed by atoms with Crippen LogP contribution in [0.15, 0.2) is 54.1 Å². The Bertz CT molecular complexity index is 1620. The van der Waals surface area contributed by atoms with E-state index >= 15 is 0 Å². The van der Waals surface area contributed by atoms with E-state index in [1.807, 2.05) is 26.0 Å². The van der Waals surface area contributed by atoms with Crippen LogP contribution in [0.1, 0.15) is 33.9 Å². The fourth-order valence-electron chi connectivity index (χ4n) is 4.81. The van der Waals surface area contributed by atoms with Crippen LogP contribution in [0.4, 0.5) is 5.95 Å². The third-order valence-corrected chi connectivity index (χ3v) is 7.09. The van der Waals surface area contributed by atoms with Crippen molar-refractivity contribution >= 4 is 46.0 Å². The summed E-state index contributed by atoms with van der Waals surface area (Å²) in [5.74, 6) is -1.18. The van der Waals surface area contributed by atoms with Crippen molar-refractivity contribution in [2.24, 2.45) is 0 Å². The van der Waals surface area contributed by atoms with Gasteiger partial charge in [-0.05, 0) is 79.4 Å². The first-order valence-corrected chi connectivity index (χ1v) is 12.3. The third-order valence-electron chi connectivity index (χ3n) is 6.81. The molecule has 1 aliphatic heterocycles. The number of H-pyrrole nitrogens is 1. The molecule has 5 rings (SSSR count). The van der Waals surface area contributed by atoms with Gasteiger partial charge in [-0.1, -0.05) is 23.7 Å². The molecule has 2 N–H and O–H groups in total. The van der Waals surface area contributed by atoms with Gasteiger partial charge < -0.3 is 19.6 Å². The Morgan fingerprint density at radius 2 is 1.76 bits per heavy atom. The van der Waals surface area contributed by atoms with Crippen LogP contribution >= 0.6 is 11.6 Å². The highest BCUT2D eigenvalue weighted by Gasteiger charge is 2.48. The number of methoxy groups -OCH3 is 2. The van der Waals surface area contributed by atoms with E-state index in [1.165, 1.54) is 19.1 Å². The Hall–Kier alpha value is -4.30. The average Bonchev–Trinajstić information content (AvgIpc) is 3.40. The largest absolute Gasteiger partial charge is 0.507 e. The van der Waals surface area contributed by atoms with Crippen molar-refractivity contribution in [3.05, 3.63) is 86.9 Å². The fourth-order valence-corrected chi connectivity index (χ4v) is 5.16. The number of Topliss-reactive ketones (excluding diaryl/α,β-unsaturated/α-hetero) is 1. The number of carbonyl (C=O) groups is 2. The number of ether oxygens (including phenoxy) is 2. The Morgan fingerprint density at radius 3 is 2.47 bits per heavy atom. The molecule has 0 radical (unpaired) electrons. The number of nitrogens with one attached hydrogen (secondary N) is 1. The lowest BCUT2D eigenvalue weighted by atomic mass is 9.94. The number of aliphatic hydroxyl groups excluding tert-OH is 1. The van der Waals surface area contributed by atoms with E-state index in [4.69, 9.17) is 21.1 Å². The summed E-state index contributed by atoms with van der Waals surface area (Å²) in [6.45, 7) is 5.77. The summed E-state index contributed by atoms with van der Waals surface area (Å²) < 4.78 is 10.9. The summed E-state index contributed by atoms with van der Waals surface area (Å²) in [5.41, 5.74) is 4.87. The number of carbonyl (C=O) groups excluding carboxylic acids is 2. The van der Waals surface area contributed by atoms with Gasteiger partial charge in [0.15, 0.2) is 0 Å². The molecule has 0 spiro atoms. The number of aryl methyl sites for hydroxylation is 3. The number of aromatic nitrogens is 2. The molecule has 38 heavy (non-hydrogen) atoms. The Morgan fingerprint density at radius 1 is 1.03 bits per heavy atom. The van der Waals surface area contributed by atoms with E-state index in [0.717, 1.165) is 22.2 Å². The molecule has 9 heteroatoms. The van der Waals surface area contributed by atoms with E-state index in [9.17, 15) is 14.7 Å². The topological polar surface area (TPSA) is 105 Å². The molecule has 3 aromatic carbocycles. The molecule has 1 atom stereocenters. The molecule has 0 aliphatic carbocycles. The highest BCUT2D eigenvalue weighted by atomic mass is 35.5. The monoisotopic (exact) mass is 531 g/mol. The van der Waals surface area contributed by atoms with E-state index in [2.05, 4.69) is 9.97 Å². The molecule has 1 fully saturated rings. The molecule has 8 nitrogen and oxygen atoms in total. The number of imidazole rings is 1. The first kappa shape index (κ1) is 25.4. The minimum absolute atomic E-state index is 0.115. The number of nitrogens with zero attached hydrogens (tertiary/aromatic N) is 2. The van der Waals surface area contributed by atoms with E-state index in [0.29, 0.717) is 16.8 Å².